The maximum Gasteiger partial charge on any atom is 0.261 e. The minimum atomic E-state index is -3.68. The summed E-state index contributed by atoms with van der Waals surface area (Å²) in [5, 5.41) is 2.64. The van der Waals surface area contributed by atoms with Gasteiger partial charge in [-0.05, 0) is 42.8 Å². The van der Waals surface area contributed by atoms with Gasteiger partial charge in [-0.25, -0.2) is 22.1 Å². The Hall–Kier alpha value is -3.11. The summed E-state index contributed by atoms with van der Waals surface area (Å²) in [6.45, 7) is 1.29. The number of halogens is 1. The number of rotatable bonds is 5. The molecule has 1 heterocycles. The zero-order valence-electron chi connectivity index (χ0n) is 16.0. The van der Waals surface area contributed by atoms with Gasteiger partial charge in [0.15, 0.2) is 0 Å². The first kappa shape index (κ1) is 20.6. The van der Waals surface area contributed by atoms with Crippen LogP contribution in [0.25, 0.3) is 10.9 Å². The van der Waals surface area contributed by atoms with Crippen LogP contribution in [-0.4, -0.2) is 42.3 Å². The van der Waals surface area contributed by atoms with E-state index in [0.717, 1.165) is 14.9 Å². The highest BCUT2D eigenvalue weighted by Gasteiger charge is 2.20. The average Bonchev–Trinajstić information content (AvgIpc) is 2.65. The Kier molecular flexibility index (Phi) is 5.49. The molecule has 10 heteroatoms. The second-order valence-corrected chi connectivity index (χ2v) is 8.78. The SMILES string of the molecule is Cc1ccc(NC(=O)Cn2cnc3ccc(F)cc3c2=O)cc1S(=O)(=O)N(C)C. The second kappa shape index (κ2) is 7.72. The van der Waals surface area contributed by atoms with E-state index in [-0.39, 0.29) is 22.5 Å². The highest BCUT2D eigenvalue weighted by atomic mass is 32.2. The molecule has 0 saturated heterocycles. The quantitative estimate of drug-likeness (QED) is 0.680. The molecule has 152 valence electrons. The van der Waals surface area contributed by atoms with Crippen LogP contribution < -0.4 is 10.9 Å². The van der Waals surface area contributed by atoms with Crippen LogP contribution in [0.2, 0.25) is 0 Å². The number of benzene rings is 2. The van der Waals surface area contributed by atoms with Crippen molar-refractivity contribution in [3.05, 3.63) is 64.5 Å². The van der Waals surface area contributed by atoms with Gasteiger partial charge in [-0.3, -0.25) is 14.2 Å². The molecule has 2 aromatic carbocycles. The largest absolute Gasteiger partial charge is 0.324 e. The predicted octanol–water partition coefficient (Wildman–Crippen LogP) is 1.73. The summed E-state index contributed by atoms with van der Waals surface area (Å²) in [4.78, 5) is 29.0. The lowest BCUT2D eigenvalue weighted by atomic mass is 10.2. The number of hydrogen-bond acceptors (Lipinski definition) is 5. The number of aromatic nitrogens is 2. The summed E-state index contributed by atoms with van der Waals surface area (Å²) in [5.74, 6) is -1.13. The molecule has 3 aromatic rings. The third kappa shape index (κ3) is 4.17. The lowest BCUT2D eigenvalue weighted by Crippen LogP contribution is -2.28. The molecule has 0 radical (unpaired) electrons. The Balaban J connectivity index is 1.86. The summed E-state index contributed by atoms with van der Waals surface area (Å²) < 4.78 is 40.4. The van der Waals surface area contributed by atoms with Gasteiger partial charge in [0.05, 0.1) is 22.1 Å². The Morgan fingerprint density at radius 1 is 1.21 bits per heavy atom. The maximum absolute atomic E-state index is 13.4. The van der Waals surface area contributed by atoms with E-state index in [9.17, 15) is 22.4 Å². The van der Waals surface area contributed by atoms with Crippen molar-refractivity contribution < 1.29 is 17.6 Å². The van der Waals surface area contributed by atoms with Gasteiger partial charge in [-0.2, -0.15) is 0 Å². The van der Waals surface area contributed by atoms with Crippen molar-refractivity contribution in [2.45, 2.75) is 18.4 Å². The van der Waals surface area contributed by atoms with Crippen molar-refractivity contribution in [3.63, 3.8) is 0 Å². The van der Waals surface area contributed by atoms with Gasteiger partial charge in [0.25, 0.3) is 5.56 Å². The molecule has 0 bridgehead atoms. The van der Waals surface area contributed by atoms with E-state index in [1.54, 1.807) is 19.1 Å². The first-order valence-corrected chi connectivity index (χ1v) is 10.0. The van der Waals surface area contributed by atoms with Crippen LogP contribution in [0.4, 0.5) is 10.1 Å². The standard InChI is InChI=1S/C19H19FN4O4S/c1-12-4-6-14(9-17(12)29(27,28)23(2)3)22-18(25)10-24-11-21-16-7-5-13(20)8-15(16)19(24)26/h4-9,11H,10H2,1-3H3,(H,22,25). The molecule has 0 saturated carbocycles. The van der Waals surface area contributed by atoms with Gasteiger partial charge in [0.2, 0.25) is 15.9 Å². The van der Waals surface area contributed by atoms with Crippen molar-refractivity contribution in [1.29, 1.82) is 0 Å². The number of nitrogens with one attached hydrogen (secondary N) is 1. The number of sulfonamides is 1. The van der Waals surface area contributed by atoms with Crippen LogP contribution in [0.3, 0.4) is 0 Å². The molecule has 0 aliphatic carbocycles. The normalized spacial score (nSPS) is 11.8. The minimum Gasteiger partial charge on any atom is -0.324 e. The van der Waals surface area contributed by atoms with Gasteiger partial charge < -0.3 is 5.32 Å². The van der Waals surface area contributed by atoms with E-state index in [1.165, 1.54) is 38.6 Å². The average molecular weight is 418 g/mol. The number of anilines is 1. The maximum atomic E-state index is 13.4. The summed E-state index contributed by atoms with van der Waals surface area (Å²) in [6.07, 6.45) is 1.21. The number of carbonyl (C=O) groups excluding carboxylic acids is 1. The molecule has 29 heavy (non-hydrogen) atoms. The zero-order chi connectivity index (χ0) is 21.3. The Labute approximate surface area is 166 Å². The fourth-order valence-electron chi connectivity index (χ4n) is 2.75. The van der Waals surface area contributed by atoms with Crippen LogP contribution in [0.1, 0.15) is 5.56 Å². The molecular formula is C19H19FN4O4S. The van der Waals surface area contributed by atoms with Crippen molar-refractivity contribution in [2.75, 3.05) is 19.4 Å². The monoisotopic (exact) mass is 418 g/mol. The zero-order valence-corrected chi connectivity index (χ0v) is 16.8. The van der Waals surface area contributed by atoms with E-state index in [2.05, 4.69) is 10.3 Å². The van der Waals surface area contributed by atoms with Gasteiger partial charge in [0, 0.05) is 19.8 Å². The third-order valence-corrected chi connectivity index (χ3v) is 6.29. The van der Waals surface area contributed by atoms with Crippen molar-refractivity contribution >= 4 is 32.5 Å². The number of hydrogen-bond donors (Lipinski definition) is 1. The number of nitrogens with zero attached hydrogens (tertiary/aromatic N) is 3. The number of amides is 1. The summed E-state index contributed by atoms with van der Waals surface area (Å²) >= 11 is 0. The molecule has 0 unspecified atom stereocenters. The van der Waals surface area contributed by atoms with Crippen LogP contribution in [-0.2, 0) is 21.4 Å². The fourth-order valence-corrected chi connectivity index (χ4v) is 3.90. The molecule has 0 spiro atoms. The fraction of sp³-hybridized carbons (Fsp3) is 0.211. The van der Waals surface area contributed by atoms with Crippen molar-refractivity contribution in [2.24, 2.45) is 0 Å². The molecule has 8 nitrogen and oxygen atoms in total. The van der Waals surface area contributed by atoms with Gasteiger partial charge in [-0.1, -0.05) is 6.07 Å². The molecule has 1 N–H and O–H groups in total. The highest BCUT2D eigenvalue weighted by molar-refractivity contribution is 7.89. The van der Waals surface area contributed by atoms with E-state index in [0.29, 0.717) is 11.1 Å². The molecule has 3 rings (SSSR count). The molecular weight excluding hydrogens is 399 g/mol. The third-order valence-electron chi connectivity index (χ3n) is 4.33. The summed E-state index contributed by atoms with van der Waals surface area (Å²) in [6, 6.07) is 8.16. The smallest absolute Gasteiger partial charge is 0.261 e. The number of aryl methyl sites for hydroxylation is 1. The minimum absolute atomic E-state index is 0.0648. The van der Waals surface area contributed by atoms with E-state index in [1.807, 2.05) is 0 Å². The molecule has 0 aliphatic heterocycles. The molecule has 0 aliphatic rings. The first-order chi connectivity index (χ1) is 13.6. The lowest BCUT2D eigenvalue weighted by molar-refractivity contribution is -0.116. The summed E-state index contributed by atoms with van der Waals surface area (Å²) in [5.41, 5.74) is 0.581. The van der Waals surface area contributed by atoms with E-state index < -0.39 is 27.3 Å². The first-order valence-electron chi connectivity index (χ1n) is 8.57. The van der Waals surface area contributed by atoms with Crippen molar-refractivity contribution in [1.82, 2.24) is 13.9 Å². The van der Waals surface area contributed by atoms with E-state index in [4.69, 9.17) is 0 Å². The van der Waals surface area contributed by atoms with Gasteiger partial charge in [0.1, 0.15) is 12.4 Å². The van der Waals surface area contributed by atoms with Crippen LogP contribution in [0.5, 0.6) is 0 Å². The van der Waals surface area contributed by atoms with Crippen LogP contribution >= 0.6 is 0 Å². The van der Waals surface area contributed by atoms with Crippen molar-refractivity contribution in [3.8, 4) is 0 Å². The van der Waals surface area contributed by atoms with Gasteiger partial charge >= 0.3 is 0 Å². The number of carbonyl (C=O) groups is 1. The molecule has 1 amide bonds. The van der Waals surface area contributed by atoms with Crippen LogP contribution in [0, 0.1) is 12.7 Å². The lowest BCUT2D eigenvalue weighted by Gasteiger charge is -2.15. The second-order valence-electron chi connectivity index (χ2n) is 6.65. The Morgan fingerprint density at radius 2 is 1.93 bits per heavy atom. The topological polar surface area (TPSA) is 101 Å². The van der Waals surface area contributed by atoms with E-state index >= 15 is 0 Å². The Bertz CT molecular complexity index is 1270. The summed E-state index contributed by atoms with van der Waals surface area (Å²) in [7, 11) is -0.841. The van der Waals surface area contributed by atoms with Crippen LogP contribution in [0.15, 0.2) is 52.4 Å². The predicted molar refractivity (Wildman–Crippen MR) is 107 cm³/mol. The van der Waals surface area contributed by atoms with Gasteiger partial charge in [-0.15, -0.1) is 0 Å². The molecule has 0 atom stereocenters. The Morgan fingerprint density at radius 3 is 2.62 bits per heavy atom. The molecule has 0 fully saturated rings. The highest BCUT2D eigenvalue weighted by Crippen LogP contribution is 2.22. The molecule has 1 aromatic heterocycles. The number of fused-ring (bicyclic) bond motifs is 1.